The maximum atomic E-state index is 11.5. The molecule has 1 aliphatic rings. The summed E-state index contributed by atoms with van der Waals surface area (Å²) in [6, 6.07) is 11.5. The molecule has 0 saturated heterocycles. The Bertz CT molecular complexity index is 715. The van der Waals surface area contributed by atoms with E-state index in [4.69, 9.17) is 23.1 Å². The molecule has 0 bridgehead atoms. The standard InChI is InChI=1S/C16H16ClN3O/c17-14-7-11(18)6-13(16(19)21)15(14)20-8-10-5-9-3-1-2-4-12(9)10/h1-4,6-7,10,20H,5,8,18H2,(H2,19,21). The molecule has 0 spiro atoms. The summed E-state index contributed by atoms with van der Waals surface area (Å²) in [6.07, 6.45) is 1.03. The van der Waals surface area contributed by atoms with Crippen LogP contribution in [0.2, 0.25) is 5.02 Å². The second kappa shape index (κ2) is 5.30. The summed E-state index contributed by atoms with van der Waals surface area (Å²) < 4.78 is 0. The van der Waals surface area contributed by atoms with Gasteiger partial charge >= 0.3 is 0 Å². The molecule has 5 heteroatoms. The monoisotopic (exact) mass is 301 g/mol. The maximum Gasteiger partial charge on any atom is 0.250 e. The van der Waals surface area contributed by atoms with E-state index in [1.54, 1.807) is 12.1 Å². The summed E-state index contributed by atoms with van der Waals surface area (Å²) in [5.41, 5.74) is 15.1. The Morgan fingerprint density at radius 2 is 2.10 bits per heavy atom. The highest BCUT2D eigenvalue weighted by Gasteiger charge is 2.25. The lowest BCUT2D eigenvalue weighted by molar-refractivity contribution is 0.100. The molecular formula is C16H16ClN3O. The van der Waals surface area contributed by atoms with Crippen LogP contribution in [0.3, 0.4) is 0 Å². The van der Waals surface area contributed by atoms with E-state index in [0.29, 0.717) is 34.4 Å². The van der Waals surface area contributed by atoms with E-state index < -0.39 is 5.91 Å². The van der Waals surface area contributed by atoms with Gasteiger partial charge in [-0.25, -0.2) is 0 Å². The van der Waals surface area contributed by atoms with Crippen LogP contribution < -0.4 is 16.8 Å². The molecule has 3 rings (SSSR count). The van der Waals surface area contributed by atoms with Crippen LogP contribution >= 0.6 is 11.6 Å². The van der Waals surface area contributed by atoms with Gasteiger partial charge in [0.15, 0.2) is 0 Å². The molecule has 1 aliphatic carbocycles. The SMILES string of the molecule is NC(=O)c1cc(N)cc(Cl)c1NCC1Cc2ccccc21. The van der Waals surface area contributed by atoms with Crippen molar-refractivity contribution in [3.63, 3.8) is 0 Å². The predicted molar refractivity (Wildman–Crippen MR) is 85.8 cm³/mol. The number of hydrogen-bond acceptors (Lipinski definition) is 3. The van der Waals surface area contributed by atoms with Gasteiger partial charge in [-0.3, -0.25) is 4.79 Å². The first-order valence-corrected chi connectivity index (χ1v) is 7.14. The third kappa shape index (κ3) is 2.54. The number of carbonyl (C=O) groups is 1. The molecule has 4 nitrogen and oxygen atoms in total. The van der Waals surface area contributed by atoms with E-state index in [-0.39, 0.29) is 0 Å². The first kappa shape index (κ1) is 13.8. The molecule has 0 aromatic heterocycles. The van der Waals surface area contributed by atoms with Crippen molar-refractivity contribution in [3.8, 4) is 0 Å². The summed E-state index contributed by atoms with van der Waals surface area (Å²) in [5.74, 6) is -0.115. The van der Waals surface area contributed by atoms with E-state index >= 15 is 0 Å². The molecular weight excluding hydrogens is 286 g/mol. The lowest BCUT2D eigenvalue weighted by Gasteiger charge is -2.30. The van der Waals surface area contributed by atoms with Crippen LogP contribution in [0, 0.1) is 0 Å². The Morgan fingerprint density at radius 3 is 2.81 bits per heavy atom. The lowest BCUT2D eigenvalue weighted by Crippen LogP contribution is -2.25. The zero-order chi connectivity index (χ0) is 15.0. The minimum absolute atomic E-state index is 0.326. The van der Waals surface area contributed by atoms with Crippen molar-refractivity contribution in [2.75, 3.05) is 17.6 Å². The fraction of sp³-hybridized carbons (Fsp3) is 0.188. The van der Waals surface area contributed by atoms with E-state index in [1.165, 1.54) is 11.1 Å². The highest BCUT2D eigenvalue weighted by Crippen LogP contribution is 2.36. The number of amides is 1. The molecule has 5 N–H and O–H groups in total. The van der Waals surface area contributed by atoms with Crippen molar-refractivity contribution in [2.45, 2.75) is 12.3 Å². The van der Waals surface area contributed by atoms with Gasteiger partial charge < -0.3 is 16.8 Å². The van der Waals surface area contributed by atoms with Gasteiger partial charge in [0, 0.05) is 18.2 Å². The summed E-state index contributed by atoms with van der Waals surface area (Å²) in [4.78, 5) is 11.5. The van der Waals surface area contributed by atoms with Gasteiger partial charge in [0.05, 0.1) is 16.3 Å². The van der Waals surface area contributed by atoms with Gasteiger partial charge in [0.25, 0.3) is 5.91 Å². The highest BCUT2D eigenvalue weighted by atomic mass is 35.5. The number of nitrogens with two attached hydrogens (primary N) is 2. The number of primary amides is 1. The maximum absolute atomic E-state index is 11.5. The molecule has 1 unspecified atom stereocenters. The van der Waals surface area contributed by atoms with Crippen LogP contribution in [-0.4, -0.2) is 12.5 Å². The van der Waals surface area contributed by atoms with Crippen LogP contribution in [0.15, 0.2) is 36.4 Å². The Labute approximate surface area is 128 Å². The van der Waals surface area contributed by atoms with Crippen LogP contribution in [-0.2, 0) is 6.42 Å². The van der Waals surface area contributed by atoms with Crippen molar-refractivity contribution in [2.24, 2.45) is 5.73 Å². The normalized spacial score (nSPS) is 16.0. The van der Waals surface area contributed by atoms with Crippen molar-refractivity contribution in [1.29, 1.82) is 0 Å². The predicted octanol–water partition coefficient (Wildman–Crippen LogP) is 2.77. The van der Waals surface area contributed by atoms with Crippen molar-refractivity contribution in [3.05, 3.63) is 58.1 Å². The largest absolute Gasteiger partial charge is 0.399 e. The van der Waals surface area contributed by atoms with Crippen LogP contribution in [0.1, 0.15) is 27.4 Å². The molecule has 21 heavy (non-hydrogen) atoms. The molecule has 1 amide bonds. The Balaban J connectivity index is 1.79. The summed E-state index contributed by atoms with van der Waals surface area (Å²) in [7, 11) is 0. The molecule has 0 saturated carbocycles. The van der Waals surface area contributed by atoms with Gasteiger partial charge in [-0.1, -0.05) is 35.9 Å². The third-order valence-corrected chi connectivity index (χ3v) is 4.16. The molecule has 0 aliphatic heterocycles. The Morgan fingerprint density at radius 1 is 1.33 bits per heavy atom. The van der Waals surface area contributed by atoms with Gasteiger partial charge in [-0.2, -0.15) is 0 Å². The minimum atomic E-state index is -0.541. The number of anilines is 2. The van der Waals surface area contributed by atoms with Crippen LogP contribution in [0.5, 0.6) is 0 Å². The van der Waals surface area contributed by atoms with Gasteiger partial charge in [0.2, 0.25) is 0 Å². The number of fused-ring (bicyclic) bond motifs is 1. The number of nitrogen functional groups attached to an aromatic ring is 1. The number of rotatable bonds is 4. The smallest absolute Gasteiger partial charge is 0.250 e. The van der Waals surface area contributed by atoms with Crippen LogP contribution in [0.25, 0.3) is 0 Å². The molecule has 0 radical (unpaired) electrons. The molecule has 0 fully saturated rings. The molecule has 0 heterocycles. The van der Waals surface area contributed by atoms with E-state index in [9.17, 15) is 4.79 Å². The zero-order valence-corrected chi connectivity index (χ0v) is 12.2. The highest BCUT2D eigenvalue weighted by molar-refractivity contribution is 6.34. The van der Waals surface area contributed by atoms with Crippen molar-refractivity contribution >= 4 is 28.9 Å². The summed E-state index contributed by atoms with van der Waals surface area (Å²) >= 11 is 6.17. The molecule has 2 aromatic carbocycles. The second-order valence-electron chi connectivity index (χ2n) is 5.27. The van der Waals surface area contributed by atoms with E-state index in [1.807, 2.05) is 12.1 Å². The Kier molecular flexibility index (Phi) is 3.47. The van der Waals surface area contributed by atoms with Crippen molar-refractivity contribution < 1.29 is 4.79 Å². The topological polar surface area (TPSA) is 81.1 Å². The first-order chi connectivity index (χ1) is 10.1. The summed E-state index contributed by atoms with van der Waals surface area (Å²) in [5, 5.41) is 3.66. The Hall–Kier alpha value is -2.20. The van der Waals surface area contributed by atoms with Crippen LogP contribution in [0.4, 0.5) is 11.4 Å². The number of benzene rings is 2. The average Bonchev–Trinajstić information content (AvgIpc) is 2.41. The third-order valence-electron chi connectivity index (χ3n) is 3.86. The number of carbonyl (C=O) groups excluding carboxylic acids is 1. The van der Waals surface area contributed by atoms with Gasteiger partial charge in [-0.05, 0) is 29.7 Å². The lowest BCUT2D eigenvalue weighted by atomic mass is 9.77. The van der Waals surface area contributed by atoms with E-state index in [2.05, 4.69) is 17.4 Å². The molecule has 108 valence electrons. The number of halogens is 1. The summed E-state index contributed by atoms with van der Waals surface area (Å²) in [6.45, 7) is 0.709. The average molecular weight is 302 g/mol. The number of hydrogen-bond donors (Lipinski definition) is 3. The van der Waals surface area contributed by atoms with E-state index in [0.717, 1.165) is 6.42 Å². The number of nitrogens with one attached hydrogen (secondary N) is 1. The first-order valence-electron chi connectivity index (χ1n) is 6.76. The second-order valence-corrected chi connectivity index (χ2v) is 5.68. The van der Waals surface area contributed by atoms with Gasteiger partial charge in [-0.15, -0.1) is 0 Å². The molecule has 2 aromatic rings. The fourth-order valence-electron chi connectivity index (χ4n) is 2.77. The fourth-order valence-corrected chi connectivity index (χ4v) is 3.07. The van der Waals surface area contributed by atoms with Gasteiger partial charge in [0.1, 0.15) is 0 Å². The quantitative estimate of drug-likeness (QED) is 0.760. The zero-order valence-electron chi connectivity index (χ0n) is 11.4. The minimum Gasteiger partial charge on any atom is -0.399 e. The molecule has 1 atom stereocenters. The van der Waals surface area contributed by atoms with Crippen molar-refractivity contribution in [1.82, 2.24) is 0 Å².